The van der Waals surface area contributed by atoms with Crippen LogP contribution in [0.1, 0.15) is 29.4 Å². The largest absolute Gasteiger partial charge is 0.396 e. The predicted molar refractivity (Wildman–Crippen MR) is 105 cm³/mol. The molecule has 2 unspecified atom stereocenters. The molecule has 1 aromatic carbocycles. The van der Waals surface area contributed by atoms with Crippen LogP contribution in [-0.4, -0.2) is 42.4 Å². The van der Waals surface area contributed by atoms with Gasteiger partial charge in [0.15, 0.2) is 5.96 Å². The van der Waals surface area contributed by atoms with E-state index in [9.17, 15) is 10.2 Å². The van der Waals surface area contributed by atoms with Gasteiger partial charge in [-0.2, -0.15) is 0 Å². The predicted octanol–water partition coefficient (Wildman–Crippen LogP) is 2.77. The van der Waals surface area contributed by atoms with Crippen LogP contribution in [0.2, 0.25) is 4.34 Å². The lowest BCUT2D eigenvalue weighted by atomic mass is 10.0. The van der Waals surface area contributed by atoms with Crippen LogP contribution in [0, 0.1) is 0 Å². The van der Waals surface area contributed by atoms with Gasteiger partial charge in [-0.25, -0.2) is 0 Å². The SMILES string of the molecule is CCNC(=NCC(CO)c1ccccc1)NCC(O)c1ccc(Cl)s1. The molecule has 0 aliphatic heterocycles. The maximum absolute atomic E-state index is 10.2. The quantitative estimate of drug-likeness (QED) is 0.419. The van der Waals surface area contributed by atoms with E-state index >= 15 is 0 Å². The number of halogens is 1. The minimum atomic E-state index is -0.649. The molecule has 7 heteroatoms. The van der Waals surface area contributed by atoms with E-state index in [1.165, 1.54) is 11.3 Å². The number of aliphatic hydroxyl groups is 2. The average molecular weight is 382 g/mol. The Kier molecular flexibility index (Phi) is 8.21. The molecule has 0 amide bonds. The van der Waals surface area contributed by atoms with Crippen molar-refractivity contribution in [1.29, 1.82) is 0 Å². The molecule has 0 bridgehead atoms. The normalized spacial score (nSPS) is 14.2. The summed E-state index contributed by atoms with van der Waals surface area (Å²) in [5, 5.41) is 26.1. The first-order chi connectivity index (χ1) is 12.1. The van der Waals surface area contributed by atoms with E-state index in [1.54, 1.807) is 6.07 Å². The topological polar surface area (TPSA) is 76.9 Å². The first kappa shape index (κ1) is 19.7. The Labute approximate surface area is 157 Å². The lowest BCUT2D eigenvalue weighted by Gasteiger charge is -2.16. The molecule has 4 N–H and O–H groups in total. The molecule has 0 saturated carbocycles. The molecule has 0 aliphatic carbocycles. The highest BCUT2D eigenvalue weighted by atomic mass is 35.5. The third-order valence-electron chi connectivity index (χ3n) is 3.69. The van der Waals surface area contributed by atoms with Gasteiger partial charge in [-0.3, -0.25) is 4.99 Å². The van der Waals surface area contributed by atoms with Crippen LogP contribution >= 0.6 is 22.9 Å². The molecule has 1 heterocycles. The van der Waals surface area contributed by atoms with Crippen LogP contribution in [-0.2, 0) is 0 Å². The average Bonchev–Trinajstić information content (AvgIpc) is 3.07. The van der Waals surface area contributed by atoms with Crippen molar-refractivity contribution in [2.75, 3.05) is 26.2 Å². The molecule has 25 heavy (non-hydrogen) atoms. The van der Waals surface area contributed by atoms with Crippen LogP contribution in [0.4, 0.5) is 0 Å². The highest BCUT2D eigenvalue weighted by molar-refractivity contribution is 7.16. The van der Waals surface area contributed by atoms with E-state index in [2.05, 4.69) is 15.6 Å². The minimum absolute atomic E-state index is 0.0310. The Morgan fingerprint density at radius 2 is 1.96 bits per heavy atom. The van der Waals surface area contributed by atoms with Gasteiger partial charge >= 0.3 is 0 Å². The number of aliphatic hydroxyl groups excluding tert-OH is 2. The molecule has 0 saturated heterocycles. The summed E-state index contributed by atoms with van der Waals surface area (Å²) in [6.45, 7) is 3.51. The molecule has 2 atom stereocenters. The molecule has 0 fully saturated rings. The second-order valence-corrected chi connectivity index (χ2v) is 7.30. The van der Waals surface area contributed by atoms with E-state index in [0.717, 1.165) is 10.4 Å². The number of thiophene rings is 1. The van der Waals surface area contributed by atoms with Crippen molar-refractivity contribution in [1.82, 2.24) is 10.6 Å². The van der Waals surface area contributed by atoms with E-state index in [0.29, 0.717) is 29.9 Å². The van der Waals surface area contributed by atoms with Gasteiger partial charge in [0.05, 0.1) is 17.5 Å². The number of hydrogen-bond donors (Lipinski definition) is 4. The zero-order valence-electron chi connectivity index (χ0n) is 14.2. The first-order valence-corrected chi connectivity index (χ1v) is 9.44. The van der Waals surface area contributed by atoms with Gasteiger partial charge in [0.25, 0.3) is 0 Å². The number of guanidine groups is 1. The van der Waals surface area contributed by atoms with E-state index in [-0.39, 0.29) is 12.5 Å². The fourth-order valence-electron chi connectivity index (χ4n) is 2.34. The van der Waals surface area contributed by atoms with Crippen molar-refractivity contribution in [3.8, 4) is 0 Å². The zero-order valence-corrected chi connectivity index (χ0v) is 15.7. The van der Waals surface area contributed by atoms with Crippen molar-refractivity contribution in [2.45, 2.75) is 18.9 Å². The summed E-state index contributed by atoms with van der Waals surface area (Å²) in [6, 6.07) is 13.4. The Morgan fingerprint density at radius 1 is 1.20 bits per heavy atom. The summed E-state index contributed by atoms with van der Waals surface area (Å²) < 4.78 is 0.656. The Morgan fingerprint density at radius 3 is 2.56 bits per heavy atom. The van der Waals surface area contributed by atoms with Crippen LogP contribution in [0.25, 0.3) is 0 Å². The molecule has 2 rings (SSSR count). The van der Waals surface area contributed by atoms with Crippen molar-refractivity contribution in [2.24, 2.45) is 4.99 Å². The fraction of sp³-hybridized carbons (Fsp3) is 0.389. The molecular weight excluding hydrogens is 358 g/mol. The molecular formula is C18H24ClN3O2S. The van der Waals surface area contributed by atoms with E-state index < -0.39 is 6.10 Å². The highest BCUT2D eigenvalue weighted by Gasteiger charge is 2.12. The number of rotatable bonds is 8. The van der Waals surface area contributed by atoms with Crippen molar-refractivity contribution in [3.63, 3.8) is 0 Å². The Bertz CT molecular complexity index is 663. The molecule has 0 spiro atoms. The highest BCUT2D eigenvalue weighted by Crippen LogP contribution is 2.26. The zero-order chi connectivity index (χ0) is 18.1. The number of aliphatic imine (C=N–C) groups is 1. The summed E-state index contributed by atoms with van der Waals surface area (Å²) >= 11 is 7.27. The maximum atomic E-state index is 10.2. The van der Waals surface area contributed by atoms with Crippen molar-refractivity contribution >= 4 is 28.9 Å². The van der Waals surface area contributed by atoms with Gasteiger partial charge in [-0.15, -0.1) is 11.3 Å². The van der Waals surface area contributed by atoms with Gasteiger partial charge < -0.3 is 20.8 Å². The second-order valence-electron chi connectivity index (χ2n) is 5.55. The van der Waals surface area contributed by atoms with Gasteiger partial charge in [0.2, 0.25) is 0 Å². The van der Waals surface area contributed by atoms with Gasteiger partial charge in [-0.05, 0) is 24.6 Å². The van der Waals surface area contributed by atoms with Gasteiger partial charge in [0, 0.05) is 23.9 Å². The number of nitrogens with zero attached hydrogens (tertiary/aromatic N) is 1. The number of nitrogens with one attached hydrogen (secondary N) is 2. The lowest BCUT2D eigenvalue weighted by molar-refractivity contribution is 0.184. The summed E-state index contributed by atoms with van der Waals surface area (Å²) in [5.74, 6) is 0.552. The molecule has 1 aromatic heterocycles. The van der Waals surface area contributed by atoms with Crippen LogP contribution in [0.3, 0.4) is 0 Å². The third kappa shape index (κ3) is 6.32. The standard InChI is InChI=1S/C18H24ClN3O2S/c1-2-20-18(22-11-15(24)16-8-9-17(19)25-16)21-10-14(12-23)13-6-4-3-5-7-13/h3-9,14-15,23-24H,2,10-12H2,1H3,(H2,20,21,22). The monoisotopic (exact) mass is 381 g/mol. The number of benzene rings is 1. The summed E-state index contributed by atoms with van der Waals surface area (Å²) in [5.41, 5.74) is 1.05. The molecule has 5 nitrogen and oxygen atoms in total. The third-order valence-corrected chi connectivity index (χ3v) is 5.02. The van der Waals surface area contributed by atoms with Crippen LogP contribution in [0.15, 0.2) is 47.5 Å². The Hall–Kier alpha value is -1.60. The maximum Gasteiger partial charge on any atom is 0.191 e. The lowest BCUT2D eigenvalue weighted by Crippen LogP contribution is -2.39. The smallest absolute Gasteiger partial charge is 0.191 e. The van der Waals surface area contributed by atoms with E-state index in [1.807, 2.05) is 43.3 Å². The minimum Gasteiger partial charge on any atom is -0.396 e. The van der Waals surface area contributed by atoms with Gasteiger partial charge in [-0.1, -0.05) is 41.9 Å². The van der Waals surface area contributed by atoms with Crippen LogP contribution < -0.4 is 10.6 Å². The molecule has 136 valence electrons. The molecule has 2 aromatic rings. The summed E-state index contributed by atoms with van der Waals surface area (Å²) in [6.07, 6.45) is -0.649. The fourth-order valence-corrected chi connectivity index (χ4v) is 3.39. The second kappa shape index (κ2) is 10.4. The summed E-state index contributed by atoms with van der Waals surface area (Å²) in [4.78, 5) is 5.34. The van der Waals surface area contributed by atoms with Crippen molar-refractivity contribution in [3.05, 3.63) is 57.2 Å². The molecule has 0 radical (unpaired) electrons. The number of hydrogen-bond acceptors (Lipinski definition) is 4. The molecule has 0 aliphatic rings. The van der Waals surface area contributed by atoms with Crippen LogP contribution in [0.5, 0.6) is 0 Å². The Balaban J connectivity index is 1.95. The van der Waals surface area contributed by atoms with E-state index in [4.69, 9.17) is 11.6 Å². The summed E-state index contributed by atoms with van der Waals surface area (Å²) in [7, 11) is 0. The first-order valence-electron chi connectivity index (χ1n) is 8.25. The van der Waals surface area contributed by atoms with Gasteiger partial charge in [0.1, 0.15) is 6.10 Å². The van der Waals surface area contributed by atoms with Crippen molar-refractivity contribution < 1.29 is 10.2 Å².